The molecule has 0 spiro atoms. The van der Waals surface area contributed by atoms with Crippen LogP contribution in [0, 0.1) is 0 Å². The van der Waals surface area contributed by atoms with Crippen molar-refractivity contribution in [3.8, 4) is 0 Å². The molecule has 1 N–H and O–H groups in total. The molecule has 0 radical (unpaired) electrons. The molecule has 27 heavy (non-hydrogen) atoms. The Kier molecular flexibility index (Phi) is 7.90. The summed E-state index contributed by atoms with van der Waals surface area (Å²) in [5, 5.41) is 2.65. The zero-order valence-corrected chi connectivity index (χ0v) is 17.8. The van der Waals surface area contributed by atoms with E-state index in [2.05, 4.69) is 21.2 Å². The number of amides is 1. The summed E-state index contributed by atoms with van der Waals surface area (Å²) >= 11 is 3.40. The Balaban J connectivity index is 1.99. The molecule has 0 saturated heterocycles. The molecular weight excluding hydrogens is 410 g/mol. The van der Waals surface area contributed by atoms with E-state index in [0.717, 1.165) is 35.7 Å². The quantitative estimate of drug-likeness (QED) is 0.618. The zero-order chi connectivity index (χ0) is 19.9. The minimum Gasteiger partial charge on any atom is -0.461 e. The minimum absolute atomic E-state index is 0.0455. The predicted octanol–water partition coefficient (Wildman–Crippen LogP) is 5.23. The largest absolute Gasteiger partial charge is 0.461 e. The summed E-state index contributed by atoms with van der Waals surface area (Å²) in [4.78, 5) is 24.7. The Morgan fingerprint density at radius 3 is 2.44 bits per heavy atom. The molecule has 0 unspecified atom stereocenters. The molecule has 1 atom stereocenters. The van der Waals surface area contributed by atoms with Gasteiger partial charge in [0, 0.05) is 4.47 Å². The number of alkyl carbamates (subject to hydrolysis) is 1. The van der Waals surface area contributed by atoms with Crippen molar-refractivity contribution in [1.82, 2.24) is 5.32 Å². The first-order valence-electron chi connectivity index (χ1n) is 9.35. The van der Waals surface area contributed by atoms with E-state index in [1.165, 1.54) is 0 Å². The summed E-state index contributed by atoms with van der Waals surface area (Å²) in [6.07, 6.45) is 7.38. The lowest BCUT2D eigenvalue weighted by Gasteiger charge is -2.23. The molecule has 1 aromatic carbocycles. The lowest BCUT2D eigenvalue weighted by atomic mass is 10.1. The van der Waals surface area contributed by atoms with Crippen molar-refractivity contribution >= 4 is 34.1 Å². The average Bonchev–Trinajstić information content (AvgIpc) is 3.07. The first kappa shape index (κ1) is 21.5. The molecule has 0 bridgehead atoms. The molecule has 1 aliphatic carbocycles. The van der Waals surface area contributed by atoms with Crippen LogP contribution in [0.15, 0.2) is 34.8 Å². The summed E-state index contributed by atoms with van der Waals surface area (Å²) in [5.74, 6) is -0.409. The molecule has 1 saturated carbocycles. The van der Waals surface area contributed by atoms with Crippen LogP contribution in [-0.2, 0) is 14.3 Å². The summed E-state index contributed by atoms with van der Waals surface area (Å²) in [6.45, 7) is 5.35. The fraction of sp³-hybridized carbons (Fsp3) is 0.524. The maximum absolute atomic E-state index is 12.6. The van der Waals surface area contributed by atoms with Crippen molar-refractivity contribution < 1.29 is 19.1 Å². The molecule has 2 rings (SSSR count). The van der Waals surface area contributed by atoms with E-state index < -0.39 is 23.7 Å². The average molecular weight is 438 g/mol. The number of halogens is 1. The van der Waals surface area contributed by atoms with Gasteiger partial charge in [-0.15, -0.1) is 0 Å². The van der Waals surface area contributed by atoms with Crippen LogP contribution >= 0.6 is 15.9 Å². The number of carbonyl (C=O) groups excluding carboxylic acids is 2. The molecule has 0 aromatic heterocycles. The molecule has 1 aromatic rings. The van der Waals surface area contributed by atoms with Crippen LogP contribution in [0.4, 0.5) is 4.79 Å². The second-order valence-electron chi connectivity index (χ2n) is 7.73. The van der Waals surface area contributed by atoms with Gasteiger partial charge in [-0.3, -0.25) is 0 Å². The number of hydrogen-bond acceptors (Lipinski definition) is 4. The second-order valence-corrected chi connectivity index (χ2v) is 8.65. The van der Waals surface area contributed by atoms with Gasteiger partial charge < -0.3 is 14.8 Å². The molecule has 0 aliphatic heterocycles. The van der Waals surface area contributed by atoms with Crippen LogP contribution in [-0.4, -0.2) is 29.8 Å². The summed E-state index contributed by atoms with van der Waals surface area (Å²) in [5.41, 5.74) is 0.385. The smallest absolute Gasteiger partial charge is 0.408 e. The third-order valence-electron chi connectivity index (χ3n) is 4.11. The molecule has 148 valence electrons. The molecule has 0 heterocycles. The molecule has 6 heteroatoms. The van der Waals surface area contributed by atoms with Crippen LogP contribution < -0.4 is 5.32 Å². The van der Waals surface area contributed by atoms with Gasteiger partial charge in [0.2, 0.25) is 0 Å². The first-order valence-corrected chi connectivity index (χ1v) is 10.1. The van der Waals surface area contributed by atoms with Gasteiger partial charge in [0.25, 0.3) is 0 Å². The fourth-order valence-corrected chi connectivity index (χ4v) is 3.09. The van der Waals surface area contributed by atoms with E-state index in [0.29, 0.717) is 6.42 Å². The van der Waals surface area contributed by atoms with Gasteiger partial charge in [0.1, 0.15) is 17.7 Å². The standard InChI is InChI=1S/C21H28BrNO4/c1-21(2,3)27-20(25)23-18(19(24)26-17-8-4-5-9-17)10-6-7-15-11-13-16(22)14-12-15/h6-7,11-14,17-18H,4-5,8-10H2,1-3H3,(H,23,25)/b7-6+/t18-/m0/s1. The van der Waals surface area contributed by atoms with Gasteiger partial charge in [-0.25, -0.2) is 9.59 Å². The maximum atomic E-state index is 12.6. The third kappa shape index (κ3) is 8.16. The monoisotopic (exact) mass is 437 g/mol. The summed E-state index contributed by atoms with van der Waals surface area (Å²) < 4.78 is 11.9. The topological polar surface area (TPSA) is 64.6 Å². The molecule has 5 nitrogen and oxygen atoms in total. The SMILES string of the molecule is CC(C)(C)OC(=O)N[C@@H](C/C=C/c1ccc(Br)cc1)C(=O)OC1CCCC1. The minimum atomic E-state index is -0.771. The number of ether oxygens (including phenoxy) is 2. The van der Waals surface area contributed by atoms with Crippen LogP contribution in [0.1, 0.15) is 58.4 Å². The van der Waals surface area contributed by atoms with Gasteiger partial charge in [0.05, 0.1) is 0 Å². The van der Waals surface area contributed by atoms with Gasteiger partial charge in [0.15, 0.2) is 0 Å². The van der Waals surface area contributed by atoms with Crippen LogP contribution in [0.2, 0.25) is 0 Å². The van der Waals surface area contributed by atoms with Gasteiger partial charge in [-0.1, -0.05) is 40.2 Å². The maximum Gasteiger partial charge on any atom is 0.408 e. The highest BCUT2D eigenvalue weighted by atomic mass is 79.9. The number of esters is 1. The molecule has 1 aliphatic rings. The number of benzene rings is 1. The van der Waals surface area contributed by atoms with Crippen LogP contribution in [0.3, 0.4) is 0 Å². The lowest BCUT2D eigenvalue weighted by molar-refractivity contribution is -0.151. The predicted molar refractivity (Wildman–Crippen MR) is 109 cm³/mol. The molecule has 1 fully saturated rings. The molecular formula is C21H28BrNO4. The first-order chi connectivity index (χ1) is 12.7. The molecule has 1 amide bonds. The van der Waals surface area contributed by atoms with E-state index in [4.69, 9.17) is 9.47 Å². The van der Waals surface area contributed by atoms with Crippen LogP contribution in [0.5, 0.6) is 0 Å². The summed E-state index contributed by atoms with van der Waals surface area (Å²) in [7, 11) is 0. The van der Waals surface area contributed by atoms with Crippen molar-refractivity contribution in [2.45, 2.75) is 70.6 Å². The highest BCUT2D eigenvalue weighted by Crippen LogP contribution is 2.22. The summed E-state index contributed by atoms with van der Waals surface area (Å²) in [6, 6.07) is 7.06. The number of nitrogens with one attached hydrogen (secondary N) is 1. The Morgan fingerprint density at radius 1 is 1.22 bits per heavy atom. The van der Waals surface area contributed by atoms with E-state index in [1.54, 1.807) is 20.8 Å². The van der Waals surface area contributed by atoms with Gasteiger partial charge >= 0.3 is 12.1 Å². The number of rotatable bonds is 6. The number of carbonyl (C=O) groups is 2. The number of hydrogen-bond donors (Lipinski definition) is 1. The Hall–Kier alpha value is -1.82. The second kappa shape index (κ2) is 9.93. The van der Waals surface area contributed by atoms with E-state index in [1.807, 2.05) is 36.4 Å². The van der Waals surface area contributed by atoms with Crippen molar-refractivity contribution in [3.63, 3.8) is 0 Å². The third-order valence-corrected chi connectivity index (χ3v) is 4.64. The zero-order valence-electron chi connectivity index (χ0n) is 16.2. The van der Waals surface area contributed by atoms with Crippen LogP contribution in [0.25, 0.3) is 6.08 Å². The lowest BCUT2D eigenvalue weighted by Crippen LogP contribution is -2.44. The highest BCUT2D eigenvalue weighted by Gasteiger charge is 2.27. The van der Waals surface area contributed by atoms with Crippen molar-refractivity contribution in [3.05, 3.63) is 40.4 Å². The van der Waals surface area contributed by atoms with Crippen molar-refractivity contribution in [1.29, 1.82) is 0 Å². The Bertz CT molecular complexity index is 658. The van der Waals surface area contributed by atoms with Gasteiger partial charge in [-0.2, -0.15) is 0 Å². The van der Waals surface area contributed by atoms with E-state index in [-0.39, 0.29) is 6.10 Å². The van der Waals surface area contributed by atoms with Crippen molar-refractivity contribution in [2.75, 3.05) is 0 Å². The van der Waals surface area contributed by atoms with E-state index in [9.17, 15) is 9.59 Å². The van der Waals surface area contributed by atoms with Crippen molar-refractivity contribution in [2.24, 2.45) is 0 Å². The van der Waals surface area contributed by atoms with E-state index >= 15 is 0 Å². The fourth-order valence-electron chi connectivity index (χ4n) is 2.83. The normalized spacial score (nSPS) is 16.3. The Labute approximate surface area is 169 Å². The highest BCUT2D eigenvalue weighted by molar-refractivity contribution is 9.10. The van der Waals surface area contributed by atoms with Gasteiger partial charge in [-0.05, 0) is 70.6 Å². The Morgan fingerprint density at radius 2 is 1.85 bits per heavy atom.